The number of carbonyl (C=O) groups excluding carboxylic acids is 1. The number of carbonyl (C=O) groups is 1. The molecule has 2 aromatic rings. The third-order valence-corrected chi connectivity index (χ3v) is 4.63. The van der Waals surface area contributed by atoms with Gasteiger partial charge in [0.2, 0.25) is 5.91 Å². The number of aromatic nitrogens is 2. The summed E-state index contributed by atoms with van der Waals surface area (Å²) in [5.74, 6) is -0.509. The van der Waals surface area contributed by atoms with Crippen LogP contribution in [0.4, 0.5) is 0 Å². The highest BCUT2D eigenvalue weighted by Gasteiger charge is 2.23. The third-order valence-electron chi connectivity index (χ3n) is 3.14. The Morgan fingerprint density at radius 1 is 1.33 bits per heavy atom. The summed E-state index contributed by atoms with van der Waals surface area (Å²) in [5.41, 5.74) is 1.72. The molecule has 21 heavy (non-hydrogen) atoms. The number of para-hydroxylation sites is 1. The second-order valence-corrected chi connectivity index (χ2v) is 7.18. The standard InChI is InChI=1S/C14H17N3O3S/c1-11(21(2,19)20)14(18)15-8-12-9-16-17(10-12)13-6-4-3-5-7-13/h3-7,9-11H,8H2,1-2H3,(H,15,18). The van der Waals surface area contributed by atoms with Crippen molar-refractivity contribution in [3.05, 3.63) is 48.3 Å². The van der Waals surface area contributed by atoms with Gasteiger partial charge in [0.1, 0.15) is 5.25 Å². The number of sulfone groups is 1. The summed E-state index contributed by atoms with van der Waals surface area (Å²) >= 11 is 0. The summed E-state index contributed by atoms with van der Waals surface area (Å²) in [5, 5.41) is 5.75. The highest BCUT2D eigenvalue weighted by molar-refractivity contribution is 7.92. The SMILES string of the molecule is CC(C(=O)NCc1cnn(-c2ccccc2)c1)S(C)(=O)=O. The van der Waals surface area contributed by atoms with Crippen LogP contribution in [-0.2, 0) is 21.2 Å². The molecule has 112 valence electrons. The van der Waals surface area contributed by atoms with Crippen LogP contribution in [-0.4, -0.2) is 35.6 Å². The highest BCUT2D eigenvalue weighted by atomic mass is 32.2. The molecule has 7 heteroatoms. The zero-order valence-electron chi connectivity index (χ0n) is 11.9. The van der Waals surface area contributed by atoms with Crippen LogP contribution in [0.5, 0.6) is 0 Å². The van der Waals surface area contributed by atoms with Crippen LogP contribution in [0.3, 0.4) is 0 Å². The van der Waals surface area contributed by atoms with Gasteiger partial charge in [0.15, 0.2) is 9.84 Å². The van der Waals surface area contributed by atoms with E-state index in [0.717, 1.165) is 17.5 Å². The Balaban J connectivity index is 2.00. The van der Waals surface area contributed by atoms with E-state index in [2.05, 4.69) is 10.4 Å². The predicted molar refractivity (Wildman–Crippen MR) is 79.7 cm³/mol. The van der Waals surface area contributed by atoms with Crippen LogP contribution in [0.25, 0.3) is 5.69 Å². The first-order valence-electron chi connectivity index (χ1n) is 6.43. The van der Waals surface area contributed by atoms with Gasteiger partial charge in [-0.3, -0.25) is 4.79 Å². The van der Waals surface area contributed by atoms with Crippen molar-refractivity contribution >= 4 is 15.7 Å². The first-order valence-corrected chi connectivity index (χ1v) is 8.39. The van der Waals surface area contributed by atoms with E-state index in [-0.39, 0.29) is 6.54 Å². The number of amides is 1. The molecule has 0 fully saturated rings. The number of hydrogen-bond acceptors (Lipinski definition) is 4. The first kappa shape index (κ1) is 15.2. The van der Waals surface area contributed by atoms with Crippen molar-refractivity contribution in [1.82, 2.24) is 15.1 Å². The summed E-state index contributed by atoms with van der Waals surface area (Å²) < 4.78 is 24.3. The van der Waals surface area contributed by atoms with Crippen LogP contribution >= 0.6 is 0 Å². The lowest BCUT2D eigenvalue weighted by Gasteiger charge is -2.09. The molecule has 0 aliphatic rings. The maximum atomic E-state index is 11.7. The quantitative estimate of drug-likeness (QED) is 0.890. The molecule has 2 rings (SSSR count). The molecule has 0 aliphatic carbocycles. The smallest absolute Gasteiger partial charge is 0.238 e. The third kappa shape index (κ3) is 3.91. The molecular formula is C14H17N3O3S. The summed E-state index contributed by atoms with van der Waals surface area (Å²) in [6.07, 6.45) is 4.48. The summed E-state index contributed by atoms with van der Waals surface area (Å²) in [6.45, 7) is 1.61. The van der Waals surface area contributed by atoms with E-state index in [1.807, 2.05) is 30.3 Å². The maximum Gasteiger partial charge on any atom is 0.238 e. The van der Waals surface area contributed by atoms with Gasteiger partial charge in [-0.15, -0.1) is 0 Å². The van der Waals surface area contributed by atoms with Crippen LogP contribution in [0.1, 0.15) is 12.5 Å². The molecule has 0 saturated carbocycles. The van der Waals surface area contributed by atoms with Gasteiger partial charge >= 0.3 is 0 Å². The van der Waals surface area contributed by atoms with Gasteiger partial charge in [0, 0.05) is 24.6 Å². The average Bonchev–Trinajstić information content (AvgIpc) is 2.93. The van der Waals surface area contributed by atoms with Crippen molar-refractivity contribution < 1.29 is 13.2 Å². The van der Waals surface area contributed by atoms with E-state index in [0.29, 0.717) is 0 Å². The van der Waals surface area contributed by atoms with Gasteiger partial charge in [0.25, 0.3) is 0 Å². The normalized spacial score (nSPS) is 12.9. The van der Waals surface area contributed by atoms with E-state index < -0.39 is 21.0 Å². The van der Waals surface area contributed by atoms with E-state index in [9.17, 15) is 13.2 Å². The monoisotopic (exact) mass is 307 g/mol. The Bertz CT molecular complexity index is 723. The molecule has 0 saturated heterocycles. The zero-order chi connectivity index (χ0) is 15.5. The molecule has 1 atom stereocenters. The molecule has 1 N–H and O–H groups in total. The van der Waals surface area contributed by atoms with Crippen molar-refractivity contribution in [2.45, 2.75) is 18.7 Å². The van der Waals surface area contributed by atoms with Gasteiger partial charge in [-0.1, -0.05) is 18.2 Å². The molecule has 1 unspecified atom stereocenters. The maximum absolute atomic E-state index is 11.7. The van der Waals surface area contributed by atoms with E-state index in [1.165, 1.54) is 6.92 Å². The lowest BCUT2D eigenvalue weighted by Crippen LogP contribution is -2.36. The van der Waals surface area contributed by atoms with Crippen molar-refractivity contribution in [3.63, 3.8) is 0 Å². The highest BCUT2D eigenvalue weighted by Crippen LogP contribution is 2.07. The zero-order valence-corrected chi connectivity index (χ0v) is 12.7. The number of nitrogens with one attached hydrogen (secondary N) is 1. The second-order valence-electron chi connectivity index (χ2n) is 4.82. The van der Waals surface area contributed by atoms with Crippen LogP contribution in [0, 0.1) is 0 Å². The molecule has 0 aliphatic heterocycles. The minimum atomic E-state index is -3.38. The largest absolute Gasteiger partial charge is 0.351 e. The summed E-state index contributed by atoms with van der Waals surface area (Å²) in [6, 6.07) is 9.57. The molecule has 0 radical (unpaired) electrons. The Labute approximate surface area is 123 Å². The molecule has 0 spiro atoms. The van der Waals surface area contributed by atoms with Crippen LogP contribution in [0.2, 0.25) is 0 Å². The molecule has 1 heterocycles. The average molecular weight is 307 g/mol. The van der Waals surface area contributed by atoms with Crippen LogP contribution in [0.15, 0.2) is 42.7 Å². The van der Waals surface area contributed by atoms with Gasteiger partial charge in [-0.05, 0) is 19.1 Å². The molecule has 1 aromatic heterocycles. The summed E-state index contributed by atoms with van der Waals surface area (Å²) in [7, 11) is -3.38. The topological polar surface area (TPSA) is 81.1 Å². The fourth-order valence-corrected chi connectivity index (χ4v) is 2.17. The van der Waals surface area contributed by atoms with E-state index >= 15 is 0 Å². The Hall–Kier alpha value is -2.15. The molecular weight excluding hydrogens is 290 g/mol. The minimum Gasteiger partial charge on any atom is -0.351 e. The molecule has 1 amide bonds. The Morgan fingerprint density at radius 2 is 2.00 bits per heavy atom. The van der Waals surface area contributed by atoms with Gasteiger partial charge < -0.3 is 5.32 Å². The van der Waals surface area contributed by atoms with Crippen molar-refractivity contribution in [3.8, 4) is 5.69 Å². The van der Waals surface area contributed by atoms with Gasteiger partial charge in [-0.25, -0.2) is 13.1 Å². The fraction of sp³-hybridized carbons (Fsp3) is 0.286. The number of rotatable bonds is 5. The fourth-order valence-electron chi connectivity index (χ4n) is 1.70. The Kier molecular flexibility index (Phi) is 4.42. The van der Waals surface area contributed by atoms with E-state index in [1.54, 1.807) is 17.1 Å². The lowest BCUT2D eigenvalue weighted by molar-refractivity contribution is -0.120. The lowest BCUT2D eigenvalue weighted by atomic mass is 10.3. The van der Waals surface area contributed by atoms with Crippen molar-refractivity contribution in [1.29, 1.82) is 0 Å². The van der Waals surface area contributed by atoms with Gasteiger partial charge in [0.05, 0.1) is 11.9 Å². The van der Waals surface area contributed by atoms with Crippen LogP contribution < -0.4 is 5.32 Å². The van der Waals surface area contributed by atoms with Crippen molar-refractivity contribution in [2.24, 2.45) is 0 Å². The molecule has 6 nitrogen and oxygen atoms in total. The van der Waals surface area contributed by atoms with Crippen molar-refractivity contribution in [2.75, 3.05) is 6.26 Å². The number of benzene rings is 1. The molecule has 1 aromatic carbocycles. The Morgan fingerprint density at radius 3 is 2.62 bits per heavy atom. The second kappa shape index (κ2) is 6.09. The van der Waals surface area contributed by atoms with E-state index in [4.69, 9.17) is 0 Å². The minimum absolute atomic E-state index is 0.242. The first-order chi connectivity index (χ1) is 9.88. The summed E-state index contributed by atoms with van der Waals surface area (Å²) in [4.78, 5) is 11.7. The number of nitrogens with zero attached hydrogens (tertiary/aromatic N) is 2. The molecule has 0 bridgehead atoms. The van der Waals surface area contributed by atoms with Gasteiger partial charge in [-0.2, -0.15) is 5.10 Å². The predicted octanol–water partition coefficient (Wildman–Crippen LogP) is 0.922. The number of hydrogen-bond donors (Lipinski definition) is 1.